The summed E-state index contributed by atoms with van der Waals surface area (Å²) in [5, 5.41) is 4.06. The van der Waals surface area contributed by atoms with E-state index >= 15 is 0 Å². The first-order chi connectivity index (χ1) is 10.0. The van der Waals surface area contributed by atoms with Crippen molar-refractivity contribution in [3.05, 3.63) is 57.3 Å². The van der Waals surface area contributed by atoms with Gasteiger partial charge in [0.25, 0.3) is 5.56 Å². The average molecular weight is 349 g/mol. The van der Waals surface area contributed by atoms with Gasteiger partial charge in [0, 0.05) is 30.4 Å². The van der Waals surface area contributed by atoms with Crippen LogP contribution in [-0.4, -0.2) is 19.7 Å². The van der Waals surface area contributed by atoms with Crippen molar-refractivity contribution in [2.75, 3.05) is 0 Å². The highest BCUT2D eigenvalue weighted by molar-refractivity contribution is 9.10. The minimum Gasteiger partial charge on any atom is -0.306 e. The number of aryl methyl sites for hydroxylation is 1. The average Bonchev–Trinajstić information content (AvgIpc) is 2.88. The number of nitrogens with zero attached hydrogens (tertiary/aromatic N) is 3. The van der Waals surface area contributed by atoms with E-state index in [1.54, 1.807) is 36.3 Å². The summed E-state index contributed by atoms with van der Waals surface area (Å²) < 4.78 is 15.2. The molecule has 5 nitrogen and oxygen atoms in total. The van der Waals surface area contributed by atoms with Crippen molar-refractivity contribution in [1.29, 1.82) is 0 Å². The maximum Gasteiger partial charge on any atom is 0.251 e. The van der Waals surface area contributed by atoms with E-state index in [1.165, 1.54) is 12.1 Å². The summed E-state index contributed by atoms with van der Waals surface area (Å²) in [5.41, 5.74) is 1.60. The highest BCUT2D eigenvalue weighted by Crippen LogP contribution is 2.23. The van der Waals surface area contributed by atoms with Gasteiger partial charge < -0.3 is 4.98 Å². The molecular formula is C14H10BrFN4O. The van der Waals surface area contributed by atoms with Gasteiger partial charge in [-0.25, -0.2) is 9.37 Å². The maximum absolute atomic E-state index is 13.3. The number of hydrogen-bond donors (Lipinski definition) is 1. The van der Waals surface area contributed by atoms with Gasteiger partial charge in [-0.15, -0.1) is 0 Å². The van der Waals surface area contributed by atoms with E-state index in [2.05, 4.69) is 31.0 Å². The molecule has 0 bridgehead atoms. The lowest BCUT2D eigenvalue weighted by Gasteiger charge is -2.04. The van der Waals surface area contributed by atoms with Crippen LogP contribution in [0.3, 0.4) is 0 Å². The molecule has 0 saturated heterocycles. The number of nitrogens with one attached hydrogen (secondary N) is 1. The molecule has 2 aromatic heterocycles. The number of hydrogen-bond acceptors (Lipinski definition) is 3. The third-order valence-corrected chi connectivity index (χ3v) is 3.54. The van der Waals surface area contributed by atoms with Gasteiger partial charge in [-0.3, -0.25) is 9.48 Å². The predicted molar refractivity (Wildman–Crippen MR) is 80.2 cm³/mol. The first-order valence-corrected chi connectivity index (χ1v) is 6.88. The van der Waals surface area contributed by atoms with E-state index < -0.39 is 0 Å². The van der Waals surface area contributed by atoms with Crippen molar-refractivity contribution in [1.82, 2.24) is 19.7 Å². The Morgan fingerprint density at radius 1 is 1.29 bits per heavy atom. The molecule has 0 atom stereocenters. The maximum atomic E-state index is 13.3. The Bertz CT molecular complexity index is 871. The lowest BCUT2D eigenvalue weighted by Crippen LogP contribution is -2.08. The summed E-state index contributed by atoms with van der Waals surface area (Å²) in [7, 11) is 1.79. The minimum atomic E-state index is -0.371. The van der Waals surface area contributed by atoms with Gasteiger partial charge in [0.2, 0.25) is 0 Å². The summed E-state index contributed by atoms with van der Waals surface area (Å²) in [4.78, 5) is 18.9. The second-order valence-corrected chi connectivity index (χ2v) is 5.37. The summed E-state index contributed by atoms with van der Waals surface area (Å²) in [5.74, 6) is 0.00608. The van der Waals surface area contributed by atoms with Crippen molar-refractivity contribution in [3.8, 4) is 22.6 Å². The van der Waals surface area contributed by atoms with E-state index in [-0.39, 0.29) is 11.4 Å². The fourth-order valence-corrected chi connectivity index (χ4v) is 2.32. The van der Waals surface area contributed by atoms with Gasteiger partial charge >= 0.3 is 0 Å². The van der Waals surface area contributed by atoms with Crippen LogP contribution in [0.15, 0.2) is 45.9 Å². The molecule has 106 valence electrons. The summed E-state index contributed by atoms with van der Waals surface area (Å²) in [6.07, 6.45) is 3.40. The Morgan fingerprint density at radius 2 is 2.10 bits per heavy atom. The standard InChI is InChI=1S/C14H10BrFN4O/c1-20-7-9(6-17-20)12-5-13(21)19-14(18-12)8-2-3-11(16)10(15)4-8/h2-7H,1H3,(H,18,19,21). The van der Waals surface area contributed by atoms with Crippen LogP contribution in [0, 0.1) is 5.82 Å². The predicted octanol–water partition coefficient (Wildman–Crippen LogP) is 2.74. The molecule has 0 saturated carbocycles. The molecule has 0 aliphatic rings. The fourth-order valence-electron chi connectivity index (χ4n) is 1.94. The second kappa shape index (κ2) is 5.25. The molecule has 1 aromatic carbocycles. The Balaban J connectivity index is 2.13. The summed E-state index contributed by atoms with van der Waals surface area (Å²) in [6.45, 7) is 0. The molecule has 1 N–H and O–H groups in total. The summed E-state index contributed by atoms with van der Waals surface area (Å²) in [6, 6.07) is 5.85. The van der Waals surface area contributed by atoms with Crippen molar-refractivity contribution in [2.24, 2.45) is 7.05 Å². The summed E-state index contributed by atoms with van der Waals surface area (Å²) >= 11 is 3.12. The fraction of sp³-hybridized carbons (Fsp3) is 0.0714. The van der Waals surface area contributed by atoms with Crippen LogP contribution in [-0.2, 0) is 7.05 Å². The Labute approximate surface area is 127 Å². The van der Waals surface area contributed by atoms with Crippen LogP contribution in [0.1, 0.15) is 0 Å². The van der Waals surface area contributed by atoms with E-state index in [0.717, 1.165) is 5.56 Å². The normalized spacial score (nSPS) is 10.8. The largest absolute Gasteiger partial charge is 0.306 e. The molecule has 2 heterocycles. The number of rotatable bonds is 2. The third-order valence-electron chi connectivity index (χ3n) is 2.94. The zero-order chi connectivity index (χ0) is 15.0. The van der Waals surface area contributed by atoms with Gasteiger partial charge in [-0.1, -0.05) is 0 Å². The second-order valence-electron chi connectivity index (χ2n) is 4.51. The molecule has 0 amide bonds. The molecule has 0 aliphatic carbocycles. The van der Waals surface area contributed by atoms with Crippen LogP contribution in [0.25, 0.3) is 22.6 Å². The number of benzene rings is 1. The van der Waals surface area contributed by atoms with E-state index in [4.69, 9.17) is 0 Å². The zero-order valence-electron chi connectivity index (χ0n) is 11.0. The quantitative estimate of drug-likeness (QED) is 0.774. The minimum absolute atomic E-state index is 0.278. The van der Waals surface area contributed by atoms with Crippen molar-refractivity contribution < 1.29 is 4.39 Å². The number of halogens is 2. The molecular weight excluding hydrogens is 339 g/mol. The molecule has 3 rings (SSSR count). The highest BCUT2D eigenvalue weighted by atomic mass is 79.9. The van der Waals surface area contributed by atoms with Crippen LogP contribution in [0.4, 0.5) is 4.39 Å². The Hall–Kier alpha value is -2.28. The number of aromatic amines is 1. The lowest BCUT2D eigenvalue weighted by atomic mass is 10.2. The van der Waals surface area contributed by atoms with Crippen molar-refractivity contribution >= 4 is 15.9 Å². The molecule has 7 heteroatoms. The third kappa shape index (κ3) is 2.78. The molecule has 0 aliphatic heterocycles. The molecule has 3 aromatic rings. The molecule has 0 fully saturated rings. The molecule has 0 radical (unpaired) electrons. The van der Waals surface area contributed by atoms with Gasteiger partial charge in [-0.05, 0) is 34.1 Å². The van der Waals surface area contributed by atoms with Crippen LogP contribution in [0.2, 0.25) is 0 Å². The van der Waals surface area contributed by atoms with Crippen LogP contribution in [0.5, 0.6) is 0 Å². The monoisotopic (exact) mass is 348 g/mol. The van der Waals surface area contributed by atoms with Crippen LogP contribution < -0.4 is 5.56 Å². The SMILES string of the molecule is Cn1cc(-c2cc(=O)[nH]c(-c3ccc(F)c(Br)c3)n2)cn1. The number of aromatic nitrogens is 4. The van der Waals surface area contributed by atoms with Gasteiger partial charge in [0.15, 0.2) is 0 Å². The molecule has 0 spiro atoms. The molecule has 21 heavy (non-hydrogen) atoms. The van der Waals surface area contributed by atoms with E-state index in [1.807, 2.05) is 0 Å². The topological polar surface area (TPSA) is 63.6 Å². The van der Waals surface area contributed by atoms with Gasteiger partial charge in [0.05, 0.1) is 16.4 Å². The smallest absolute Gasteiger partial charge is 0.251 e. The first kappa shape index (κ1) is 13.7. The first-order valence-electron chi connectivity index (χ1n) is 6.09. The Kier molecular flexibility index (Phi) is 3.42. The lowest BCUT2D eigenvalue weighted by molar-refractivity contribution is 0.621. The van der Waals surface area contributed by atoms with E-state index in [0.29, 0.717) is 21.6 Å². The van der Waals surface area contributed by atoms with Crippen LogP contribution >= 0.6 is 15.9 Å². The van der Waals surface area contributed by atoms with Crippen molar-refractivity contribution in [2.45, 2.75) is 0 Å². The zero-order valence-corrected chi connectivity index (χ0v) is 12.6. The van der Waals surface area contributed by atoms with E-state index in [9.17, 15) is 9.18 Å². The van der Waals surface area contributed by atoms with Gasteiger partial charge in [-0.2, -0.15) is 5.10 Å². The van der Waals surface area contributed by atoms with Gasteiger partial charge in [0.1, 0.15) is 11.6 Å². The molecule has 0 unspecified atom stereocenters. The van der Waals surface area contributed by atoms with Crippen molar-refractivity contribution in [3.63, 3.8) is 0 Å². The number of H-pyrrole nitrogens is 1. The highest BCUT2D eigenvalue weighted by Gasteiger charge is 2.09. The Morgan fingerprint density at radius 3 is 2.76 bits per heavy atom.